The van der Waals surface area contributed by atoms with Crippen LogP contribution in [-0.4, -0.2) is 5.91 Å². The van der Waals surface area contributed by atoms with Crippen molar-refractivity contribution in [2.45, 2.75) is 34.6 Å². The number of anilines is 1. The fourth-order valence-electron chi connectivity index (χ4n) is 0.897. The molecular weight excluding hydrogens is 198 g/mol. The molecule has 2 heteroatoms. The van der Waals surface area contributed by atoms with Crippen molar-refractivity contribution < 1.29 is 4.79 Å². The van der Waals surface area contributed by atoms with E-state index in [4.69, 9.17) is 0 Å². The molecule has 0 aliphatic carbocycles. The lowest BCUT2D eigenvalue weighted by Gasteiger charge is -2.04. The van der Waals surface area contributed by atoms with E-state index in [1.807, 2.05) is 58.9 Å². The van der Waals surface area contributed by atoms with Crippen molar-refractivity contribution in [3.8, 4) is 0 Å². The molecule has 0 unspecified atom stereocenters. The predicted molar refractivity (Wildman–Crippen MR) is 72.7 cm³/mol. The van der Waals surface area contributed by atoms with Crippen molar-refractivity contribution in [2.24, 2.45) is 0 Å². The van der Waals surface area contributed by atoms with Crippen LogP contribution in [0.3, 0.4) is 0 Å². The van der Waals surface area contributed by atoms with Gasteiger partial charge in [0.15, 0.2) is 0 Å². The summed E-state index contributed by atoms with van der Waals surface area (Å²) in [7, 11) is 0. The normalized spacial score (nSPS) is 7.56. The zero-order valence-electron chi connectivity index (χ0n) is 11.0. The van der Waals surface area contributed by atoms with Gasteiger partial charge >= 0.3 is 0 Å². The quantitative estimate of drug-likeness (QED) is 0.746. The highest BCUT2D eigenvalue weighted by molar-refractivity contribution is 5.99. The third-order valence-corrected chi connectivity index (χ3v) is 1.59. The number of rotatable bonds is 2. The van der Waals surface area contributed by atoms with E-state index < -0.39 is 0 Å². The highest BCUT2D eigenvalue weighted by Gasteiger charge is 1.97. The van der Waals surface area contributed by atoms with Crippen LogP contribution in [0.5, 0.6) is 0 Å². The van der Waals surface area contributed by atoms with Gasteiger partial charge in [0.25, 0.3) is 0 Å². The fourth-order valence-corrected chi connectivity index (χ4v) is 0.897. The Morgan fingerprint density at radius 3 is 2.12 bits per heavy atom. The first-order valence-electron chi connectivity index (χ1n) is 5.73. The molecular formula is C14H23NO. The Bertz CT molecular complexity index is 305. The van der Waals surface area contributed by atoms with E-state index in [0.29, 0.717) is 0 Å². The van der Waals surface area contributed by atoms with Crippen LogP contribution in [0.15, 0.2) is 36.9 Å². The van der Waals surface area contributed by atoms with Gasteiger partial charge in [-0.3, -0.25) is 4.79 Å². The van der Waals surface area contributed by atoms with Crippen LogP contribution < -0.4 is 5.32 Å². The SMILES string of the molecule is C=CC(=O)Nc1ccccc1C.CC.CC. The lowest BCUT2D eigenvalue weighted by molar-refractivity contribution is -0.111. The summed E-state index contributed by atoms with van der Waals surface area (Å²) in [6.07, 6.45) is 1.26. The van der Waals surface area contributed by atoms with Crippen molar-refractivity contribution in [1.82, 2.24) is 0 Å². The number of amides is 1. The van der Waals surface area contributed by atoms with Gasteiger partial charge in [-0.05, 0) is 24.6 Å². The lowest BCUT2D eigenvalue weighted by Crippen LogP contribution is -2.08. The van der Waals surface area contributed by atoms with Gasteiger partial charge in [0, 0.05) is 5.69 Å². The molecule has 1 aromatic rings. The average molecular weight is 221 g/mol. The molecule has 0 aliphatic rings. The van der Waals surface area contributed by atoms with Crippen molar-refractivity contribution in [3.05, 3.63) is 42.5 Å². The van der Waals surface area contributed by atoms with Crippen molar-refractivity contribution in [2.75, 3.05) is 5.32 Å². The number of nitrogens with one attached hydrogen (secondary N) is 1. The molecule has 0 atom stereocenters. The van der Waals surface area contributed by atoms with Gasteiger partial charge in [-0.15, -0.1) is 0 Å². The van der Waals surface area contributed by atoms with Crippen molar-refractivity contribution in [1.29, 1.82) is 0 Å². The van der Waals surface area contributed by atoms with E-state index in [-0.39, 0.29) is 5.91 Å². The van der Waals surface area contributed by atoms with Crippen LogP contribution in [0.4, 0.5) is 5.69 Å². The highest BCUT2D eigenvalue weighted by atomic mass is 16.1. The minimum absolute atomic E-state index is 0.177. The van der Waals surface area contributed by atoms with Gasteiger partial charge in [-0.1, -0.05) is 52.5 Å². The summed E-state index contributed by atoms with van der Waals surface area (Å²) < 4.78 is 0. The van der Waals surface area contributed by atoms with Gasteiger partial charge in [-0.25, -0.2) is 0 Å². The second-order valence-corrected chi connectivity index (χ2v) is 2.51. The fraction of sp³-hybridized carbons (Fsp3) is 0.357. The lowest BCUT2D eigenvalue weighted by atomic mass is 10.2. The Labute approximate surface area is 99.4 Å². The van der Waals surface area contributed by atoms with E-state index in [0.717, 1.165) is 11.3 Å². The summed E-state index contributed by atoms with van der Waals surface area (Å²) in [5.74, 6) is -0.177. The third-order valence-electron chi connectivity index (χ3n) is 1.59. The Hall–Kier alpha value is -1.57. The molecule has 0 aromatic heterocycles. The van der Waals surface area contributed by atoms with Crippen molar-refractivity contribution >= 4 is 11.6 Å². The average Bonchev–Trinajstić information content (AvgIpc) is 2.37. The smallest absolute Gasteiger partial charge is 0.247 e. The number of carbonyl (C=O) groups excluding carboxylic acids is 1. The van der Waals surface area contributed by atoms with Crippen LogP contribution in [0.2, 0.25) is 0 Å². The summed E-state index contributed by atoms with van der Waals surface area (Å²) in [5, 5.41) is 2.70. The summed E-state index contributed by atoms with van der Waals surface area (Å²) in [5.41, 5.74) is 1.88. The zero-order valence-corrected chi connectivity index (χ0v) is 11.0. The molecule has 0 heterocycles. The molecule has 16 heavy (non-hydrogen) atoms. The molecule has 0 spiro atoms. The second-order valence-electron chi connectivity index (χ2n) is 2.51. The molecule has 0 saturated carbocycles. The van der Waals surface area contributed by atoms with Crippen molar-refractivity contribution in [3.63, 3.8) is 0 Å². The number of hydrogen-bond donors (Lipinski definition) is 1. The molecule has 90 valence electrons. The van der Waals surface area contributed by atoms with E-state index in [1.165, 1.54) is 6.08 Å². The standard InChI is InChI=1S/C10H11NO.2C2H6/c1-3-10(12)11-9-7-5-4-6-8(9)2;2*1-2/h3-7H,1H2,2H3,(H,11,12);2*1-2H3. The minimum Gasteiger partial charge on any atom is -0.322 e. The van der Waals surface area contributed by atoms with Crippen LogP contribution in [0.1, 0.15) is 33.3 Å². The maximum atomic E-state index is 10.9. The Balaban J connectivity index is 0. The molecule has 1 amide bonds. The van der Waals surface area contributed by atoms with E-state index >= 15 is 0 Å². The molecule has 0 saturated heterocycles. The molecule has 0 fully saturated rings. The molecule has 0 aliphatic heterocycles. The molecule has 0 bridgehead atoms. The number of hydrogen-bond acceptors (Lipinski definition) is 1. The third kappa shape index (κ3) is 6.82. The topological polar surface area (TPSA) is 29.1 Å². The number of para-hydroxylation sites is 1. The van der Waals surface area contributed by atoms with E-state index in [2.05, 4.69) is 11.9 Å². The molecule has 1 N–H and O–H groups in total. The Morgan fingerprint density at radius 2 is 1.69 bits per heavy atom. The summed E-state index contributed by atoms with van der Waals surface area (Å²) in [6, 6.07) is 7.61. The number of carbonyl (C=O) groups is 1. The summed E-state index contributed by atoms with van der Waals surface area (Å²) >= 11 is 0. The Morgan fingerprint density at radius 1 is 1.19 bits per heavy atom. The summed E-state index contributed by atoms with van der Waals surface area (Å²) in [4.78, 5) is 10.9. The highest BCUT2D eigenvalue weighted by Crippen LogP contribution is 2.12. The van der Waals surface area contributed by atoms with Crippen LogP contribution in [0, 0.1) is 6.92 Å². The molecule has 2 nitrogen and oxygen atoms in total. The van der Waals surface area contributed by atoms with Gasteiger partial charge in [0.05, 0.1) is 0 Å². The van der Waals surface area contributed by atoms with E-state index in [9.17, 15) is 4.79 Å². The first-order chi connectivity index (χ1) is 7.74. The predicted octanol–water partition coefficient (Wildman–Crippen LogP) is 4.17. The largest absolute Gasteiger partial charge is 0.322 e. The maximum absolute atomic E-state index is 10.9. The van der Waals surface area contributed by atoms with Gasteiger partial charge in [0.1, 0.15) is 0 Å². The molecule has 0 radical (unpaired) electrons. The number of benzene rings is 1. The van der Waals surface area contributed by atoms with Crippen LogP contribution in [-0.2, 0) is 4.79 Å². The van der Waals surface area contributed by atoms with Crippen LogP contribution >= 0.6 is 0 Å². The first-order valence-corrected chi connectivity index (χ1v) is 5.73. The monoisotopic (exact) mass is 221 g/mol. The van der Waals surface area contributed by atoms with Gasteiger partial charge < -0.3 is 5.32 Å². The second kappa shape index (κ2) is 11.5. The van der Waals surface area contributed by atoms with E-state index in [1.54, 1.807) is 0 Å². The van der Waals surface area contributed by atoms with Crippen LogP contribution in [0.25, 0.3) is 0 Å². The summed E-state index contributed by atoms with van der Waals surface area (Å²) in [6.45, 7) is 13.3. The minimum atomic E-state index is -0.177. The van der Waals surface area contributed by atoms with Gasteiger partial charge in [-0.2, -0.15) is 0 Å². The number of aryl methyl sites for hydroxylation is 1. The zero-order chi connectivity index (χ0) is 13.0. The van der Waals surface area contributed by atoms with Gasteiger partial charge in [0.2, 0.25) is 5.91 Å². The maximum Gasteiger partial charge on any atom is 0.247 e. The Kier molecular flexibility index (Phi) is 12.1. The molecule has 1 aromatic carbocycles. The molecule has 1 rings (SSSR count). The first kappa shape index (κ1) is 16.8.